The third-order valence-electron chi connectivity index (χ3n) is 2.70. The molecule has 0 bridgehead atoms. The first-order valence-corrected chi connectivity index (χ1v) is 7.75. The van der Waals surface area contributed by atoms with Crippen LogP contribution in [0.5, 0.6) is 0 Å². The minimum absolute atomic E-state index is 0.108. The van der Waals surface area contributed by atoms with E-state index in [-0.39, 0.29) is 5.54 Å². The molecule has 2 aromatic rings. The second kappa shape index (κ2) is 6.61. The number of hydrogen-bond donors (Lipinski definition) is 1. The van der Waals surface area contributed by atoms with Gasteiger partial charge in [-0.1, -0.05) is 29.4 Å². The molecule has 0 aliphatic carbocycles. The predicted molar refractivity (Wildman–Crippen MR) is 86.4 cm³/mol. The number of nitrogens with zero attached hydrogens (tertiary/aromatic N) is 1. The van der Waals surface area contributed by atoms with E-state index in [1.54, 1.807) is 24.2 Å². The molecule has 0 saturated heterocycles. The zero-order valence-corrected chi connectivity index (χ0v) is 13.6. The van der Waals surface area contributed by atoms with Crippen LogP contribution in [0.3, 0.4) is 0 Å². The normalized spacial score (nSPS) is 11.6. The molecule has 1 aromatic heterocycles. The molecule has 2 nitrogen and oxygen atoms in total. The molecule has 2 rings (SSSR count). The van der Waals surface area contributed by atoms with Crippen molar-refractivity contribution < 1.29 is 0 Å². The maximum atomic E-state index is 6.37. The largest absolute Gasteiger partial charge is 0.308 e. The van der Waals surface area contributed by atoms with Crippen LogP contribution in [0.1, 0.15) is 26.3 Å². The van der Waals surface area contributed by atoms with Crippen molar-refractivity contribution in [2.24, 2.45) is 0 Å². The molecule has 0 saturated carbocycles. The lowest BCUT2D eigenvalue weighted by atomic mass is 10.1. The summed E-state index contributed by atoms with van der Waals surface area (Å²) in [6, 6.07) is 10.2. The number of benzene rings is 1. The third kappa shape index (κ3) is 4.82. The van der Waals surface area contributed by atoms with Crippen molar-refractivity contribution in [3.63, 3.8) is 0 Å². The van der Waals surface area contributed by atoms with Crippen molar-refractivity contribution in [1.82, 2.24) is 10.3 Å². The monoisotopic (exact) mass is 306 g/mol. The highest BCUT2D eigenvalue weighted by Gasteiger charge is 2.09. The van der Waals surface area contributed by atoms with Crippen LogP contribution in [0.2, 0.25) is 5.02 Å². The molecule has 0 aliphatic heterocycles. The van der Waals surface area contributed by atoms with Gasteiger partial charge < -0.3 is 5.32 Å². The third-order valence-corrected chi connectivity index (χ3v) is 4.21. The molecule has 1 N–H and O–H groups in total. The highest BCUT2D eigenvalue weighted by molar-refractivity contribution is 7.99. The lowest BCUT2D eigenvalue weighted by Gasteiger charge is -2.20. The number of aromatic nitrogens is 1. The first-order chi connectivity index (χ1) is 9.44. The fourth-order valence-corrected chi connectivity index (χ4v) is 2.76. The Balaban J connectivity index is 2.06. The van der Waals surface area contributed by atoms with E-state index in [1.807, 2.05) is 18.2 Å². The van der Waals surface area contributed by atoms with Crippen molar-refractivity contribution in [2.75, 3.05) is 0 Å². The lowest BCUT2D eigenvalue weighted by Crippen LogP contribution is -2.35. The van der Waals surface area contributed by atoms with E-state index in [9.17, 15) is 0 Å². The average Bonchev–Trinajstić information content (AvgIpc) is 2.40. The van der Waals surface area contributed by atoms with Crippen LogP contribution in [-0.4, -0.2) is 10.5 Å². The molecule has 20 heavy (non-hydrogen) atoms. The van der Waals surface area contributed by atoms with Gasteiger partial charge in [-0.15, -0.1) is 0 Å². The number of halogens is 1. The van der Waals surface area contributed by atoms with Crippen molar-refractivity contribution in [3.8, 4) is 0 Å². The summed E-state index contributed by atoms with van der Waals surface area (Å²) in [4.78, 5) is 6.22. The first kappa shape index (κ1) is 15.4. The van der Waals surface area contributed by atoms with Gasteiger partial charge in [0.2, 0.25) is 0 Å². The Labute approximate surface area is 130 Å². The fraction of sp³-hybridized carbons (Fsp3) is 0.312. The molecule has 0 fully saturated rings. The van der Waals surface area contributed by atoms with Gasteiger partial charge in [-0.25, -0.2) is 0 Å². The first-order valence-electron chi connectivity index (χ1n) is 6.55. The molecular weight excluding hydrogens is 288 g/mol. The van der Waals surface area contributed by atoms with Crippen LogP contribution >= 0.6 is 23.4 Å². The topological polar surface area (TPSA) is 24.9 Å². The van der Waals surface area contributed by atoms with Gasteiger partial charge in [0.15, 0.2) is 0 Å². The number of pyridine rings is 1. The van der Waals surface area contributed by atoms with Gasteiger partial charge in [-0.3, -0.25) is 4.98 Å². The van der Waals surface area contributed by atoms with Crippen LogP contribution < -0.4 is 5.32 Å². The van der Waals surface area contributed by atoms with E-state index < -0.39 is 0 Å². The van der Waals surface area contributed by atoms with Gasteiger partial charge in [0.25, 0.3) is 0 Å². The highest BCUT2D eigenvalue weighted by Crippen LogP contribution is 2.33. The zero-order chi connectivity index (χ0) is 14.6. The van der Waals surface area contributed by atoms with Gasteiger partial charge in [-0.2, -0.15) is 0 Å². The van der Waals surface area contributed by atoms with Crippen LogP contribution in [-0.2, 0) is 6.54 Å². The predicted octanol–water partition coefficient (Wildman–Crippen LogP) is 4.77. The Hall–Kier alpha value is -1.03. The van der Waals surface area contributed by atoms with Gasteiger partial charge >= 0.3 is 0 Å². The molecule has 1 aromatic carbocycles. The molecule has 0 spiro atoms. The van der Waals surface area contributed by atoms with Crippen LogP contribution in [0.4, 0.5) is 0 Å². The average molecular weight is 307 g/mol. The maximum absolute atomic E-state index is 6.37. The molecule has 0 radical (unpaired) electrons. The van der Waals surface area contributed by atoms with Gasteiger partial charge in [-0.05, 0) is 50.6 Å². The van der Waals surface area contributed by atoms with Crippen LogP contribution in [0.15, 0.2) is 52.5 Å². The van der Waals surface area contributed by atoms with E-state index in [0.717, 1.165) is 21.4 Å². The maximum Gasteiger partial charge on any atom is 0.0548 e. The standard InChI is InChI=1S/C16H19ClN2S/c1-16(2,3)19-11-12-4-5-15(14(17)10-12)20-13-6-8-18-9-7-13/h4-10,19H,11H2,1-3H3. The van der Waals surface area contributed by atoms with E-state index in [1.165, 1.54) is 5.56 Å². The Morgan fingerprint density at radius 3 is 2.45 bits per heavy atom. The fourth-order valence-electron chi connectivity index (χ4n) is 1.64. The molecular formula is C16H19ClN2S. The minimum atomic E-state index is 0.108. The van der Waals surface area contributed by atoms with Crippen molar-refractivity contribution in [3.05, 3.63) is 53.3 Å². The van der Waals surface area contributed by atoms with E-state index >= 15 is 0 Å². The van der Waals surface area contributed by atoms with Crippen molar-refractivity contribution >= 4 is 23.4 Å². The zero-order valence-electron chi connectivity index (χ0n) is 12.0. The Morgan fingerprint density at radius 1 is 1.15 bits per heavy atom. The Morgan fingerprint density at radius 2 is 1.85 bits per heavy atom. The van der Waals surface area contributed by atoms with E-state index in [2.05, 4.69) is 43.2 Å². The summed E-state index contributed by atoms with van der Waals surface area (Å²) in [7, 11) is 0. The summed E-state index contributed by atoms with van der Waals surface area (Å²) in [5, 5.41) is 4.25. The molecule has 1 heterocycles. The molecule has 0 atom stereocenters. The summed E-state index contributed by atoms with van der Waals surface area (Å²) in [6.45, 7) is 7.29. The van der Waals surface area contributed by atoms with E-state index in [4.69, 9.17) is 11.6 Å². The van der Waals surface area contributed by atoms with Crippen LogP contribution in [0.25, 0.3) is 0 Å². The molecule has 0 unspecified atom stereocenters. The van der Waals surface area contributed by atoms with Crippen molar-refractivity contribution in [1.29, 1.82) is 0 Å². The van der Waals surface area contributed by atoms with E-state index in [0.29, 0.717) is 0 Å². The Bertz CT molecular complexity index is 564. The number of nitrogens with one attached hydrogen (secondary N) is 1. The summed E-state index contributed by atoms with van der Waals surface area (Å²) < 4.78 is 0. The molecule has 106 valence electrons. The SMILES string of the molecule is CC(C)(C)NCc1ccc(Sc2ccncc2)c(Cl)c1. The molecule has 0 amide bonds. The molecule has 4 heteroatoms. The Kier molecular flexibility index (Phi) is 5.08. The smallest absolute Gasteiger partial charge is 0.0548 e. The van der Waals surface area contributed by atoms with Gasteiger partial charge in [0.1, 0.15) is 0 Å². The second-order valence-corrected chi connectivity index (χ2v) is 7.18. The van der Waals surface area contributed by atoms with Crippen molar-refractivity contribution in [2.45, 2.75) is 42.6 Å². The summed E-state index contributed by atoms with van der Waals surface area (Å²) >= 11 is 8.02. The molecule has 0 aliphatic rings. The summed E-state index contributed by atoms with van der Waals surface area (Å²) in [6.07, 6.45) is 3.58. The number of rotatable bonds is 4. The quantitative estimate of drug-likeness (QED) is 0.880. The second-order valence-electron chi connectivity index (χ2n) is 5.65. The van der Waals surface area contributed by atoms with Gasteiger partial charge in [0, 0.05) is 34.3 Å². The highest BCUT2D eigenvalue weighted by atomic mass is 35.5. The lowest BCUT2D eigenvalue weighted by molar-refractivity contribution is 0.424. The number of hydrogen-bond acceptors (Lipinski definition) is 3. The summed E-state index contributed by atoms with van der Waals surface area (Å²) in [5.41, 5.74) is 1.31. The summed E-state index contributed by atoms with van der Waals surface area (Å²) in [5.74, 6) is 0. The minimum Gasteiger partial charge on any atom is -0.308 e. The van der Waals surface area contributed by atoms with Crippen LogP contribution in [0, 0.1) is 0 Å². The van der Waals surface area contributed by atoms with Gasteiger partial charge in [0.05, 0.1) is 5.02 Å².